The number of hydrogen-bond donors (Lipinski definition) is 1. The summed E-state index contributed by atoms with van der Waals surface area (Å²) in [5.74, 6) is -0.382. The van der Waals surface area contributed by atoms with Crippen molar-refractivity contribution in [3.05, 3.63) is 65.2 Å². The van der Waals surface area contributed by atoms with E-state index in [1.54, 1.807) is 36.4 Å². The zero-order chi connectivity index (χ0) is 23.3. The van der Waals surface area contributed by atoms with E-state index in [1.807, 2.05) is 45.0 Å². The lowest BCUT2D eigenvalue weighted by atomic mass is 9.95. The molecule has 32 heavy (non-hydrogen) atoms. The lowest BCUT2D eigenvalue weighted by molar-refractivity contribution is -0.140. The molecule has 1 aliphatic heterocycles. The molecule has 0 bridgehead atoms. The van der Waals surface area contributed by atoms with Crippen molar-refractivity contribution in [2.75, 3.05) is 40.4 Å². The second-order valence-corrected chi connectivity index (χ2v) is 7.73. The molecular formula is C25H30N2O5. The minimum atomic E-state index is -0.731. The fourth-order valence-electron chi connectivity index (χ4n) is 3.75. The number of benzene rings is 2. The fraction of sp³-hybridized carbons (Fsp3) is 0.360. The van der Waals surface area contributed by atoms with Crippen molar-refractivity contribution >= 4 is 17.4 Å². The van der Waals surface area contributed by atoms with E-state index in [-0.39, 0.29) is 11.3 Å². The van der Waals surface area contributed by atoms with Crippen molar-refractivity contribution in [3.63, 3.8) is 0 Å². The van der Waals surface area contributed by atoms with E-state index in [4.69, 9.17) is 9.47 Å². The van der Waals surface area contributed by atoms with Crippen LogP contribution in [0.1, 0.15) is 31.0 Å². The largest absolute Gasteiger partial charge is 0.507 e. The Balaban J connectivity index is 2.16. The predicted molar refractivity (Wildman–Crippen MR) is 123 cm³/mol. The summed E-state index contributed by atoms with van der Waals surface area (Å²) >= 11 is 0. The number of carbonyl (C=O) groups is 2. The smallest absolute Gasteiger partial charge is 0.295 e. The SMILES string of the molecule is CCOc1ccc([C@H]2C(=C(O)c3ccccc3)C(=O)C(=O)N2CCN(C)C)cc1OCC. The van der Waals surface area contributed by atoms with E-state index in [2.05, 4.69) is 0 Å². The van der Waals surface area contributed by atoms with Crippen LogP contribution in [-0.2, 0) is 9.59 Å². The summed E-state index contributed by atoms with van der Waals surface area (Å²) in [5, 5.41) is 11.1. The summed E-state index contributed by atoms with van der Waals surface area (Å²) in [6.45, 7) is 5.60. The first-order chi connectivity index (χ1) is 15.4. The lowest BCUT2D eigenvalue weighted by Gasteiger charge is -2.27. The highest BCUT2D eigenvalue weighted by Gasteiger charge is 2.46. The molecule has 0 unspecified atom stereocenters. The third-order valence-electron chi connectivity index (χ3n) is 5.26. The van der Waals surface area contributed by atoms with E-state index in [9.17, 15) is 14.7 Å². The number of hydrogen-bond acceptors (Lipinski definition) is 6. The van der Waals surface area contributed by atoms with Crippen LogP contribution in [-0.4, -0.2) is 67.0 Å². The number of likely N-dealkylation sites (N-methyl/N-ethyl adjacent to an activating group) is 1. The van der Waals surface area contributed by atoms with E-state index in [0.717, 1.165) is 0 Å². The number of carbonyl (C=O) groups excluding carboxylic acids is 2. The second-order valence-electron chi connectivity index (χ2n) is 7.73. The minimum Gasteiger partial charge on any atom is -0.507 e. The van der Waals surface area contributed by atoms with Gasteiger partial charge < -0.3 is 24.4 Å². The molecule has 1 saturated heterocycles. The number of nitrogens with zero attached hydrogens (tertiary/aromatic N) is 2. The number of rotatable bonds is 9. The van der Waals surface area contributed by atoms with Gasteiger partial charge >= 0.3 is 0 Å². The van der Waals surface area contributed by atoms with Crippen molar-refractivity contribution in [1.82, 2.24) is 9.80 Å². The number of likely N-dealkylation sites (tertiary alicyclic amines) is 1. The Labute approximate surface area is 188 Å². The fourth-order valence-corrected chi connectivity index (χ4v) is 3.75. The van der Waals surface area contributed by atoms with Crippen LogP contribution in [0.15, 0.2) is 54.1 Å². The first-order valence-corrected chi connectivity index (χ1v) is 10.8. The predicted octanol–water partition coefficient (Wildman–Crippen LogP) is 3.47. The monoisotopic (exact) mass is 438 g/mol. The third-order valence-corrected chi connectivity index (χ3v) is 5.26. The van der Waals surface area contributed by atoms with Gasteiger partial charge in [0.15, 0.2) is 11.5 Å². The molecular weight excluding hydrogens is 408 g/mol. The number of Topliss-reactive ketones (excluding diaryl/α,β-unsaturated/α-hetero) is 1. The van der Waals surface area contributed by atoms with Crippen LogP contribution in [0.2, 0.25) is 0 Å². The Morgan fingerprint density at radius 1 is 1.00 bits per heavy atom. The molecule has 7 heteroatoms. The topological polar surface area (TPSA) is 79.3 Å². The molecule has 1 aliphatic rings. The average molecular weight is 439 g/mol. The van der Waals surface area contributed by atoms with Gasteiger partial charge in [-0.15, -0.1) is 0 Å². The number of aliphatic hydroxyl groups excluding tert-OH is 1. The molecule has 170 valence electrons. The molecule has 0 saturated carbocycles. The standard InChI is InChI=1S/C25H30N2O5/c1-5-31-19-13-12-18(16-20(19)32-6-2)22-21(23(28)17-10-8-7-9-11-17)24(29)25(30)27(22)15-14-26(3)4/h7-13,16,22,28H,5-6,14-15H2,1-4H3/t22-/m0/s1. The lowest BCUT2D eigenvalue weighted by Crippen LogP contribution is -2.35. The normalized spacial score (nSPS) is 17.8. The van der Waals surface area contributed by atoms with E-state index < -0.39 is 17.7 Å². The number of amides is 1. The van der Waals surface area contributed by atoms with Gasteiger partial charge in [0.25, 0.3) is 11.7 Å². The summed E-state index contributed by atoms with van der Waals surface area (Å²) in [6.07, 6.45) is 0. The summed E-state index contributed by atoms with van der Waals surface area (Å²) < 4.78 is 11.4. The van der Waals surface area contributed by atoms with Gasteiger partial charge in [0, 0.05) is 18.7 Å². The van der Waals surface area contributed by atoms with Crippen molar-refractivity contribution < 1.29 is 24.2 Å². The Morgan fingerprint density at radius 3 is 2.28 bits per heavy atom. The molecule has 7 nitrogen and oxygen atoms in total. The summed E-state index contributed by atoms with van der Waals surface area (Å²) in [4.78, 5) is 29.5. The maximum atomic E-state index is 13.1. The van der Waals surface area contributed by atoms with Gasteiger partial charge in [-0.3, -0.25) is 9.59 Å². The zero-order valence-corrected chi connectivity index (χ0v) is 19.0. The highest BCUT2D eigenvalue weighted by molar-refractivity contribution is 6.46. The first kappa shape index (κ1) is 23.3. The maximum Gasteiger partial charge on any atom is 0.295 e. The maximum absolute atomic E-state index is 13.1. The van der Waals surface area contributed by atoms with Gasteiger partial charge in [-0.05, 0) is 45.6 Å². The molecule has 0 aliphatic carbocycles. The van der Waals surface area contributed by atoms with Crippen molar-refractivity contribution in [2.24, 2.45) is 0 Å². The van der Waals surface area contributed by atoms with Gasteiger partial charge in [0.2, 0.25) is 0 Å². The minimum absolute atomic E-state index is 0.0755. The molecule has 1 heterocycles. The summed E-state index contributed by atoms with van der Waals surface area (Å²) in [7, 11) is 3.80. The van der Waals surface area contributed by atoms with E-state index in [0.29, 0.717) is 48.9 Å². The molecule has 0 spiro atoms. The van der Waals surface area contributed by atoms with Crippen LogP contribution in [0.3, 0.4) is 0 Å². The van der Waals surface area contributed by atoms with Gasteiger partial charge in [0.1, 0.15) is 5.76 Å². The van der Waals surface area contributed by atoms with Crippen molar-refractivity contribution in [1.29, 1.82) is 0 Å². The number of ether oxygens (including phenoxy) is 2. The molecule has 2 aromatic carbocycles. The molecule has 1 amide bonds. The van der Waals surface area contributed by atoms with Crippen LogP contribution >= 0.6 is 0 Å². The molecule has 1 N–H and O–H groups in total. The molecule has 2 aromatic rings. The van der Waals surface area contributed by atoms with Crippen LogP contribution in [0, 0.1) is 0 Å². The molecule has 0 radical (unpaired) electrons. The number of aliphatic hydroxyl groups is 1. The van der Waals surface area contributed by atoms with Crippen LogP contribution in [0.4, 0.5) is 0 Å². The number of ketones is 1. The summed E-state index contributed by atoms with van der Waals surface area (Å²) in [5.41, 5.74) is 1.23. The van der Waals surface area contributed by atoms with Crippen LogP contribution < -0.4 is 9.47 Å². The molecule has 3 rings (SSSR count). The highest BCUT2D eigenvalue weighted by atomic mass is 16.5. The van der Waals surface area contributed by atoms with Gasteiger partial charge in [-0.25, -0.2) is 0 Å². The van der Waals surface area contributed by atoms with Gasteiger partial charge in [0.05, 0.1) is 24.8 Å². The van der Waals surface area contributed by atoms with Crippen LogP contribution in [0.5, 0.6) is 11.5 Å². The van der Waals surface area contributed by atoms with E-state index >= 15 is 0 Å². The third kappa shape index (κ3) is 4.78. The first-order valence-electron chi connectivity index (χ1n) is 10.8. The quantitative estimate of drug-likeness (QED) is 0.367. The average Bonchev–Trinajstić information content (AvgIpc) is 3.04. The molecule has 0 aromatic heterocycles. The van der Waals surface area contributed by atoms with Gasteiger partial charge in [-0.1, -0.05) is 36.4 Å². The molecule has 1 fully saturated rings. The van der Waals surface area contributed by atoms with Crippen LogP contribution in [0.25, 0.3) is 5.76 Å². The van der Waals surface area contributed by atoms with Crippen molar-refractivity contribution in [2.45, 2.75) is 19.9 Å². The highest BCUT2D eigenvalue weighted by Crippen LogP contribution is 2.41. The van der Waals surface area contributed by atoms with Crippen molar-refractivity contribution in [3.8, 4) is 11.5 Å². The Hall–Kier alpha value is -3.32. The Bertz CT molecular complexity index is 1000. The van der Waals surface area contributed by atoms with E-state index in [1.165, 1.54) is 4.90 Å². The van der Waals surface area contributed by atoms with Gasteiger partial charge in [-0.2, -0.15) is 0 Å². The Morgan fingerprint density at radius 2 is 1.66 bits per heavy atom. The Kier molecular flexibility index (Phi) is 7.53. The zero-order valence-electron chi connectivity index (χ0n) is 19.0. The summed E-state index contributed by atoms with van der Waals surface area (Å²) in [6, 6.07) is 13.4. The molecule has 1 atom stereocenters. The second kappa shape index (κ2) is 10.3.